The van der Waals surface area contributed by atoms with Crippen molar-refractivity contribution in [2.24, 2.45) is 7.05 Å². The minimum absolute atomic E-state index is 0.0619. The van der Waals surface area contributed by atoms with Gasteiger partial charge in [0.2, 0.25) is 0 Å². The van der Waals surface area contributed by atoms with Crippen LogP contribution in [0.2, 0.25) is 0 Å². The zero-order valence-corrected chi connectivity index (χ0v) is 20.8. The van der Waals surface area contributed by atoms with E-state index in [9.17, 15) is 13.2 Å². The normalized spacial score (nSPS) is 14.6. The number of aryl methyl sites for hydroxylation is 2. The lowest BCUT2D eigenvalue weighted by molar-refractivity contribution is 0.0305. The molecule has 0 spiro atoms. The maximum absolute atomic E-state index is 13.0. The monoisotopic (exact) mass is 488 g/mol. The van der Waals surface area contributed by atoms with Crippen LogP contribution < -0.4 is 4.72 Å². The number of anilines is 1. The second-order valence-corrected chi connectivity index (χ2v) is 11.1. The summed E-state index contributed by atoms with van der Waals surface area (Å²) in [5, 5.41) is 0.606. The van der Waals surface area contributed by atoms with E-state index in [2.05, 4.69) is 23.6 Å². The van der Waals surface area contributed by atoms with E-state index in [1.807, 2.05) is 12.1 Å². The van der Waals surface area contributed by atoms with Gasteiger partial charge in [-0.2, -0.15) is 0 Å². The fourth-order valence-electron chi connectivity index (χ4n) is 3.66. The lowest BCUT2D eigenvalue weighted by Crippen LogP contribution is -2.40. The maximum atomic E-state index is 13.0. The van der Waals surface area contributed by atoms with Gasteiger partial charge in [0.25, 0.3) is 15.9 Å². The van der Waals surface area contributed by atoms with Gasteiger partial charge in [0, 0.05) is 32.0 Å². The highest BCUT2D eigenvalue weighted by molar-refractivity contribution is 7.92. The van der Waals surface area contributed by atoms with Crippen LogP contribution in [0.5, 0.6) is 0 Å². The van der Waals surface area contributed by atoms with Crippen molar-refractivity contribution in [3.05, 3.63) is 52.7 Å². The average molecular weight is 489 g/mol. The Morgan fingerprint density at radius 3 is 2.48 bits per heavy atom. The van der Waals surface area contributed by atoms with Gasteiger partial charge in [-0.3, -0.25) is 9.52 Å². The van der Waals surface area contributed by atoms with Gasteiger partial charge >= 0.3 is 0 Å². The van der Waals surface area contributed by atoms with Gasteiger partial charge in [-0.25, -0.2) is 13.4 Å². The smallest absolute Gasteiger partial charge is 0.266 e. The number of benzene rings is 1. The highest BCUT2D eigenvalue weighted by Crippen LogP contribution is 2.31. The third-order valence-electron chi connectivity index (χ3n) is 5.63. The molecule has 1 aliphatic rings. The Kier molecular flexibility index (Phi) is 6.60. The SMILES string of the molecule is Cc1nc(-c2cc(S(=O)(=O)Nc3ccc(C(C)C)cc3)cn2C)sc1C(=O)N1CCOCC1. The number of amides is 1. The number of morpholine rings is 1. The van der Waals surface area contributed by atoms with Gasteiger partial charge in [-0.05, 0) is 36.6 Å². The molecule has 10 heteroatoms. The Labute approximate surface area is 198 Å². The van der Waals surface area contributed by atoms with Gasteiger partial charge in [-0.15, -0.1) is 11.3 Å². The lowest BCUT2D eigenvalue weighted by Gasteiger charge is -2.26. The Morgan fingerprint density at radius 2 is 1.85 bits per heavy atom. The van der Waals surface area contributed by atoms with Crippen LogP contribution in [0, 0.1) is 6.92 Å². The number of sulfonamides is 1. The van der Waals surface area contributed by atoms with Gasteiger partial charge < -0.3 is 14.2 Å². The van der Waals surface area contributed by atoms with Crippen LogP contribution in [-0.2, 0) is 21.8 Å². The summed E-state index contributed by atoms with van der Waals surface area (Å²) in [6.45, 7) is 8.15. The van der Waals surface area contributed by atoms with Crippen molar-refractivity contribution >= 4 is 33.0 Å². The number of ether oxygens (including phenoxy) is 1. The molecule has 3 heterocycles. The average Bonchev–Trinajstić information content (AvgIpc) is 3.37. The molecular formula is C23H28N4O4S2. The van der Waals surface area contributed by atoms with Crippen molar-refractivity contribution in [2.75, 3.05) is 31.0 Å². The number of carbonyl (C=O) groups excluding carboxylic acids is 1. The van der Waals surface area contributed by atoms with E-state index in [-0.39, 0.29) is 10.8 Å². The fourth-order valence-corrected chi connectivity index (χ4v) is 5.88. The molecule has 1 amide bonds. The zero-order chi connectivity index (χ0) is 23.8. The first-order valence-corrected chi connectivity index (χ1v) is 13.1. The Bertz CT molecular complexity index is 1250. The first-order chi connectivity index (χ1) is 15.7. The first kappa shape index (κ1) is 23.5. The van der Waals surface area contributed by atoms with E-state index in [1.165, 1.54) is 11.3 Å². The van der Waals surface area contributed by atoms with E-state index < -0.39 is 10.0 Å². The molecule has 0 unspecified atom stereocenters. The summed E-state index contributed by atoms with van der Waals surface area (Å²) in [6, 6.07) is 8.97. The van der Waals surface area contributed by atoms with Crippen molar-refractivity contribution in [1.29, 1.82) is 0 Å². The molecule has 0 radical (unpaired) electrons. The molecular weight excluding hydrogens is 460 g/mol. The Morgan fingerprint density at radius 1 is 1.18 bits per heavy atom. The highest BCUT2D eigenvalue weighted by Gasteiger charge is 2.25. The van der Waals surface area contributed by atoms with Crippen molar-refractivity contribution in [3.63, 3.8) is 0 Å². The largest absolute Gasteiger partial charge is 0.378 e. The van der Waals surface area contributed by atoms with Crippen molar-refractivity contribution < 1.29 is 17.9 Å². The predicted octanol–water partition coefficient (Wildman–Crippen LogP) is 3.85. The highest BCUT2D eigenvalue weighted by atomic mass is 32.2. The summed E-state index contributed by atoms with van der Waals surface area (Å²) in [7, 11) is -2.01. The number of aromatic nitrogens is 2. The number of hydrogen-bond acceptors (Lipinski definition) is 6. The van der Waals surface area contributed by atoms with Crippen molar-refractivity contribution in [1.82, 2.24) is 14.5 Å². The summed E-state index contributed by atoms with van der Waals surface area (Å²) in [5.41, 5.74) is 2.93. The zero-order valence-electron chi connectivity index (χ0n) is 19.2. The molecule has 33 heavy (non-hydrogen) atoms. The van der Waals surface area contributed by atoms with E-state index in [0.29, 0.717) is 59.2 Å². The summed E-state index contributed by atoms with van der Waals surface area (Å²) in [5.74, 6) is 0.308. The van der Waals surface area contributed by atoms with E-state index in [1.54, 1.807) is 47.8 Å². The maximum Gasteiger partial charge on any atom is 0.266 e. The summed E-state index contributed by atoms with van der Waals surface area (Å²) < 4.78 is 35.7. The number of hydrogen-bond donors (Lipinski definition) is 1. The lowest BCUT2D eigenvalue weighted by atomic mass is 10.0. The summed E-state index contributed by atoms with van der Waals surface area (Å²) >= 11 is 1.28. The molecule has 2 aromatic heterocycles. The van der Waals surface area contributed by atoms with E-state index in [0.717, 1.165) is 5.56 Å². The molecule has 3 aromatic rings. The van der Waals surface area contributed by atoms with Gasteiger partial charge in [-0.1, -0.05) is 26.0 Å². The molecule has 1 aliphatic heterocycles. The van der Waals surface area contributed by atoms with Crippen LogP contribution in [0.1, 0.15) is 40.7 Å². The quantitative estimate of drug-likeness (QED) is 0.569. The number of nitrogens with zero attached hydrogens (tertiary/aromatic N) is 3. The number of thiazole rings is 1. The summed E-state index contributed by atoms with van der Waals surface area (Å²) in [4.78, 5) is 20.0. The second kappa shape index (κ2) is 9.28. The van der Waals surface area contributed by atoms with E-state index in [4.69, 9.17) is 4.74 Å². The van der Waals surface area contributed by atoms with Crippen LogP contribution >= 0.6 is 11.3 Å². The first-order valence-electron chi connectivity index (χ1n) is 10.8. The third-order valence-corrected chi connectivity index (χ3v) is 8.14. The molecule has 0 atom stereocenters. The van der Waals surface area contributed by atoms with Gasteiger partial charge in [0.15, 0.2) is 0 Å². The molecule has 8 nitrogen and oxygen atoms in total. The number of rotatable bonds is 6. The molecule has 0 aliphatic carbocycles. The van der Waals surface area contributed by atoms with Crippen LogP contribution in [0.3, 0.4) is 0 Å². The van der Waals surface area contributed by atoms with Crippen LogP contribution in [0.15, 0.2) is 41.4 Å². The van der Waals surface area contributed by atoms with Gasteiger partial charge in [0.05, 0.1) is 24.6 Å². The van der Waals surface area contributed by atoms with Crippen molar-refractivity contribution in [2.45, 2.75) is 31.6 Å². The molecule has 1 aromatic carbocycles. The van der Waals surface area contributed by atoms with Crippen LogP contribution in [0.25, 0.3) is 10.7 Å². The minimum atomic E-state index is -3.78. The van der Waals surface area contributed by atoms with Crippen molar-refractivity contribution in [3.8, 4) is 10.7 Å². The second-order valence-electron chi connectivity index (χ2n) is 8.39. The van der Waals surface area contributed by atoms with Crippen LogP contribution in [0.4, 0.5) is 5.69 Å². The van der Waals surface area contributed by atoms with E-state index >= 15 is 0 Å². The Hall–Kier alpha value is -2.69. The topological polar surface area (TPSA) is 93.5 Å². The molecule has 1 saturated heterocycles. The third kappa shape index (κ3) is 4.97. The molecule has 0 saturated carbocycles. The van der Waals surface area contributed by atoms with Crippen LogP contribution in [-0.4, -0.2) is 55.1 Å². The van der Waals surface area contributed by atoms with Gasteiger partial charge in [0.1, 0.15) is 14.8 Å². The standard InChI is InChI=1S/C23H28N4O4S2/c1-15(2)17-5-7-18(8-6-17)25-33(29,30)19-13-20(26(4)14-19)22-24-16(3)21(32-22)23(28)27-9-11-31-12-10-27/h5-8,13-15,25H,9-12H2,1-4H3. The Balaban J connectivity index is 1.57. The minimum Gasteiger partial charge on any atom is -0.378 e. The fraction of sp³-hybridized carbons (Fsp3) is 0.391. The number of carbonyl (C=O) groups is 1. The number of nitrogens with one attached hydrogen (secondary N) is 1. The molecule has 1 fully saturated rings. The summed E-state index contributed by atoms with van der Waals surface area (Å²) in [6.07, 6.45) is 1.56. The predicted molar refractivity (Wildman–Crippen MR) is 129 cm³/mol. The molecule has 1 N–H and O–H groups in total. The molecule has 176 valence electrons. The molecule has 4 rings (SSSR count). The molecule has 0 bridgehead atoms.